The number of aromatic nitrogens is 2. The average Bonchev–Trinajstić information content (AvgIpc) is 2.83. The van der Waals surface area contributed by atoms with E-state index in [0.717, 1.165) is 11.3 Å². The molecule has 4 N–H and O–H groups in total. The van der Waals surface area contributed by atoms with E-state index in [-0.39, 0.29) is 11.9 Å². The number of carbonyl (C=O) groups is 1. The highest BCUT2D eigenvalue weighted by atomic mass is 16.2. The van der Waals surface area contributed by atoms with Crippen LogP contribution in [0.3, 0.4) is 0 Å². The Hall–Kier alpha value is -2.63. The number of anilines is 2. The quantitative estimate of drug-likeness (QED) is 0.785. The number of nitrogens with zero attached hydrogens (tertiary/aromatic N) is 3. The fraction of sp³-hybridized carbons (Fsp3) is 0.154. The molecule has 6 nitrogen and oxygen atoms in total. The molecule has 96 valence electrons. The van der Waals surface area contributed by atoms with Crippen molar-refractivity contribution in [1.29, 1.82) is 0 Å². The Balaban J connectivity index is 1.88. The van der Waals surface area contributed by atoms with Crippen LogP contribution in [0.5, 0.6) is 0 Å². The summed E-state index contributed by atoms with van der Waals surface area (Å²) in [6, 6.07) is 9.12. The van der Waals surface area contributed by atoms with Crippen molar-refractivity contribution in [3.63, 3.8) is 0 Å². The molecule has 19 heavy (non-hydrogen) atoms. The number of rotatable bonds is 1. The van der Waals surface area contributed by atoms with E-state index >= 15 is 0 Å². The van der Waals surface area contributed by atoms with E-state index < -0.39 is 0 Å². The van der Waals surface area contributed by atoms with Crippen LogP contribution in [-0.2, 0) is 13.1 Å². The van der Waals surface area contributed by atoms with Crippen LogP contribution in [0.4, 0.5) is 11.8 Å². The van der Waals surface area contributed by atoms with Crippen LogP contribution in [0.1, 0.15) is 21.6 Å². The van der Waals surface area contributed by atoms with E-state index in [1.165, 1.54) is 0 Å². The molecular weight excluding hydrogens is 242 g/mol. The molecule has 0 bridgehead atoms. The normalized spacial score (nSPS) is 13.4. The van der Waals surface area contributed by atoms with Crippen LogP contribution >= 0.6 is 0 Å². The zero-order valence-electron chi connectivity index (χ0n) is 10.2. The maximum Gasteiger partial charge on any atom is 0.254 e. The predicted octanol–water partition coefficient (Wildman–Crippen LogP) is 0.797. The van der Waals surface area contributed by atoms with E-state index in [4.69, 9.17) is 11.5 Å². The summed E-state index contributed by atoms with van der Waals surface area (Å²) >= 11 is 0. The van der Waals surface area contributed by atoms with Crippen LogP contribution in [0, 0.1) is 0 Å². The second-order valence-corrected chi connectivity index (χ2v) is 4.42. The van der Waals surface area contributed by atoms with Crippen LogP contribution in [0.25, 0.3) is 0 Å². The molecule has 1 aliphatic rings. The molecule has 0 radical (unpaired) electrons. The number of hydrogen-bond acceptors (Lipinski definition) is 5. The molecule has 0 fully saturated rings. The molecule has 0 atom stereocenters. The van der Waals surface area contributed by atoms with E-state index in [2.05, 4.69) is 9.97 Å². The van der Waals surface area contributed by atoms with Crippen molar-refractivity contribution in [2.45, 2.75) is 13.1 Å². The maximum absolute atomic E-state index is 12.3. The van der Waals surface area contributed by atoms with Gasteiger partial charge in [0.05, 0.1) is 18.8 Å². The Bertz CT molecular complexity index is 641. The Labute approximate surface area is 110 Å². The van der Waals surface area contributed by atoms with Gasteiger partial charge in [0.25, 0.3) is 5.91 Å². The highest BCUT2D eigenvalue weighted by Gasteiger charge is 2.27. The molecule has 0 unspecified atom stereocenters. The van der Waals surface area contributed by atoms with Crippen LogP contribution in [0.15, 0.2) is 30.3 Å². The first-order valence-corrected chi connectivity index (χ1v) is 5.90. The second-order valence-electron chi connectivity index (χ2n) is 4.42. The summed E-state index contributed by atoms with van der Waals surface area (Å²) in [7, 11) is 0. The predicted molar refractivity (Wildman–Crippen MR) is 70.9 cm³/mol. The molecule has 1 aliphatic heterocycles. The number of amides is 1. The summed E-state index contributed by atoms with van der Waals surface area (Å²) in [4.78, 5) is 22.1. The standard InChI is InChI=1S/C13H13N5O/c14-11-9-6-18(7-10(9)16-13(15)17-11)12(19)8-4-2-1-3-5-8/h1-5H,6-7H2,(H4,14,15,16,17). The third-order valence-electron chi connectivity index (χ3n) is 3.14. The van der Waals surface area contributed by atoms with Crippen LogP contribution in [0.2, 0.25) is 0 Å². The monoisotopic (exact) mass is 255 g/mol. The Kier molecular flexibility index (Phi) is 2.56. The Morgan fingerprint density at radius 1 is 1.11 bits per heavy atom. The minimum absolute atomic E-state index is 0.0448. The molecule has 6 heteroatoms. The highest BCUT2D eigenvalue weighted by Crippen LogP contribution is 2.26. The number of benzene rings is 1. The van der Waals surface area contributed by atoms with Gasteiger partial charge in [0.2, 0.25) is 5.95 Å². The number of fused-ring (bicyclic) bond motifs is 1. The van der Waals surface area contributed by atoms with Gasteiger partial charge < -0.3 is 16.4 Å². The minimum atomic E-state index is -0.0448. The first kappa shape index (κ1) is 11.5. The summed E-state index contributed by atoms with van der Waals surface area (Å²) < 4.78 is 0. The molecule has 1 amide bonds. The smallest absolute Gasteiger partial charge is 0.254 e. The topological polar surface area (TPSA) is 98.1 Å². The van der Waals surface area contributed by atoms with Crippen molar-refractivity contribution in [2.75, 3.05) is 11.5 Å². The minimum Gasteiger partial charge on any atom is -0.383 e. The van der Waals surface area contributed by atoms with Crippen molar-refractivity contribution in [3.05, 3.63) is 47.2 Å². The van der Waals surface area contributed by atoms with Gasteiger partial charge in [-0.2, -0.15) is 4.98 Å². The summed E-state index contributed by atoms with van der Waals surface area (Å²) in [6.45, 7) is 0.842. The molecule has 3 rings (SSSR count). The van der Waals surface area contributed by atoms with Gasteiger partial charge in [-0.1, -0.05) is 18.2 Å². The fourth-order valence-corrected chi connectivity index (χ4v) is 2.21. The number of nitrogen functional groups attached to an aromatic ring is 2. The molecule has 0 aliphatic carbocycles. The summed E-state index contributed by atoms with van der Waals surface area (Å²) in [5, 5.41) is 0. The van der Waals surface area contributed by atoms with Crippen molar-refractivity contribution < 1.29 is 4.79 Å². The highest BCUT2D eigenvalue weighted by molar-refractivity contribution is 5.94. The van der Waals surface area contributed by atoms with Gasteiger partial charge >= 0.3 is 0 Å². The van der Waals surface area contributed by atoms with Crippen LogP contribution in [-0.4, -0.2) is 20.8 Å². The number of hydrogen-bond donors (Lipinski definition) is 2. The second kappa shape index (κ2) is 4.24. The molecule has 1 aromatic carbocycles. The van der Waals surface area contributed by atoms with Gasteiger partial charge in [-0.05, 0) is 12.1 Å². The molecule has 0 saturated carbocycles. The number of carbonyl (C=O) groups excluding carboxylic acids is 1. The summed E-state index contributed by atoms with van der Waals surface area (Å²) in [5.41, 5.74) is 13.5. The van der Waals surface area contributed by atoms with Crippen LogP contribution < -0.4 is 11.5 Å². The Morgan fingerprint density at radius 2 is 1.84 bits per heavy atom. The first-order chi connectivity index (χ1) is 9.15. The van der Waals surface area contributed by atoms with Gasteiger partial charge in [0.15, 0.2) is 0 Å². The van der Waals surface area contributed by atoms with Crippen molar-refractivity contribution >= 4 is 17.7 Å². The van der Waals surface area contributed by atoms with Gasteiger partial charge in [0.1, 0.15) is 5.82 Å². The van der Waals surface area contributed by atoms with E-state index in [9.17, 15) is 4.79 Å². The fourth-order valence-electron chi connectivity index (χ4n) is 2.21. The molecule has 2 aromatic rings. The van der Waals surface area contributed by atoms with Gasteiger partial charge in [-0.25, -0.2) is 4.98 Å². The third-order valence-corrected chi connectivity index (χ3v) is 3.14. The molecule has 2 heterocycles. The third kappa shape index (κ3) is 1.97. The van der Waals surface area contributed by atoms with E-state index in [1.54, 1.807) is 17.0 Å². The largest absolute Gasteiger partial charge is 0.383 e. The summed E-state index contributed by atoms with van der Waals surface area (Å²) in [5.74, 6) is 0.452. The van der Waals surface area contributed by atoms with Gasteiger partial charge in [-0.15, -0.1) is 0 Å². The lowest BCUT2D eigenvalue weighted by molar-refractivity contribution is 0.0750. The van der Waals surface area contributed by atoms with Crippen molar-refractivity contribution in [2.24, 2.45) is 0 Å². The van der Waals surface area contributed by atoms with Gasteiger partial charge in [0, 0.05) is 11.1 Å². The van der Waals surface area contributed by atoms with E-state index in [0.29, 0.717) is 24.5 Å². The average molecular weight is 255 g/mol. The number of nitrogens with two attached hydrogens (primary N) is 2. The van der Waals surface area contributed by atoms with Crippen molar-refractivity contribution in [3.8, 4) is 0 Å². The lowest BCUT2D eigenvalue weighted by Crippen LogP contribution is -2.25. The molecule has 1 aromatic heterocycles. The zero-order chi connectivity index (χ0) is 13.4. The summed E-state index contributed by atoms with van der Waals surface area (Å²) in [6.07, 6.45) is 0. The first-order valence-electron chi connectivity index (χ1n) is 5.90. The molecule has 0 saturated heterocycles. The SMILES string of the molecule is Nc1nc(N)c2c(n1)CN(C(=O)c1ccccc1)C2. The van der Waals surface area contributed by atoms with Gasteiger partial charge in [-0.3, -0.25) is 4.79 Å². The maximum atomic E-state index is 12.3. The Morgan fingerprint density at radius 3 is 2.58 bits per heavy atom. The lowest BCUT2D eigenvalue weighted by Gasteiger charge is -2.14. The van der Waals surface area contributed by atoms with E-state index in [1.807, 2.05) is 18.2 Å². The van der Waals surface area contributed by atoms with Crippen molar-refractivity contribution in [1.82, 2.24) is 14.9 Å². The zero-order valence-corrected chi connectivity index (χ0v) is 10.2. The lowest BCUT2D eigenvalue weighted by atomic mass is 10.2. The molecular formula is C13H13N5O. The molecule has 0 spiro atoms.